The van der Waals surface area contributed by atoms with Crippen LogP contribution in [0.5, 0.6) is 0 Å². The molecule has 0 aromatic heterocycles. The Labute approximate surface area is 112 Å². The third-order valence-corrected chi connectivity index (χ3v) is 3.26. The van der Waals surface area contributed by atoms with Crippen LogP contribution in [0.15, 0.2) is 30.3 Å². The number of ether oxygens (including phenoxy) is 3. The number of hydrogen-bond acceptors (Lipinski definition) is 5. The quantitative estimate of drug-likeness (QED) is 0.822. The van der Waals surface area contributed by atoms with Crippen LogP contribution in [0.2, 0.25) is 0 Å². The summed E-state index contributed by atoms with van der Waals surface area (Å²) in [5, 5.41) is 19.2. The van der Waals surface area contributed by atoms with Crippen LogP contribution < -0.4 is 0 Å². The van der Waals surface area contributed by atoms with Crippen LogP contribution in [0.25, 0.3) is 0 Å². The van der Waals surface area contributed by atoms with Gasteiger partial charge in [-0.25, -0.2) is 0 Å². The van der Waals surface area contributed by atoms with Crippen molar-refractivity contribution in [2.75, 3.05) is 13.7 Å². The summed E-state index contributed by atoms with van der Waals surface area (Å²) in [6.07, 6.45) is -1.93. The molecule has 1 aliphatic rings. The molecule has 0 aliphatic carbocycles. The number of aliphatic hydroxyl groups is 2. The maximum absolute atomic E-state index is 10.1. The van der Waals surface area contributed by atoms with Gasteiger partial charge in [-0.05, 0) is 5.56 Å². The van der Waals surface area contributed by atoms with Gasteiger partial charge >= 0.3 is 0 Å². The first-order valence-corrected chi connectivity index (χ1v) is 6.37. The lowest BCUT2D eigenvalue weighted by Gasteiger charge is -2.37. The summed E-state index contributed by atoms with van der Waals surface area (Å²) in [7, 11) is 1.53. The molecule has 0 radical (unpaired) electrons. The zero-order chi connectivity index (χ0) is 13.7. The minimum atomic E-state index is -0.847. The molecule has 5 nitrogen and oxygen atoms in total. The Morgan fingerprint density at radius 1 is 1.32 bits per heavy atom. The van der Waals surface area contributed by atoms with Crippen molar-refractivity contribution in [3.05, 3.63) is 35.9 Å². The smallest absolute Gasteiger partial charge is 0.160 e. The molecule has 1 heterocycles. The van der Waals surface area contributed by atoms with Gasteiger partial charge in [-0.15, -0.1) is 0 Å². The number of aliphatic hydroxyl groups excluding tert-OH is 2. The number of benzene rings is 1. The molecule has 0 bridgehead atoms. The van der Waals surface area contributed by atoms with Crippen molar-refractivity contribution in [3.8, 4) is 0 Å². The van der Waals surface area contributed by atoms with Gasteiger partial charge in [0.15, 0.2) is 6.29 Å². The highest BCUT2D eigenvalue weighted by molar-refractivity contribution is 5.13. The Morgan fingerprint density at radius 3 is 2.68 bits per heavy atom. The van der Waals surface area contributed by atoms with Gasteiger partial charge < -0.3 is 24.4 Å². The molecule has 2 rings (SSSR count). The maximum Gasteiger partial charge on any atom is 0.160 e. The van der Waals surface area contributed by atoms with Crippen LogP contribution in [-0.2, 0) is 20.8 Å². The fourth-order valence-electron chi connectivity index (χ4n) is 2.15. The van der Waals surface area contributed by atoms with Crippen molar-refractivity contribution in [1.82, 2.24) is 0 Å². The van der Waals surface area contributed by atoms with Gasteiger partial charge in [0.05, 0.1) is 19.3 Å². The SMILES string of the molecule is CO[C@@H]1C[C@H](OCc2ccccc2)[C@H](O)[C@@H](CO)O1. The van der Waals surface area contributed by atoms with Crippen LogP contribution in [0, 0.1) is 0 Å². The molecule has 5 heteroatoms. The second kappa shape index (κ2) is 6.98. The molecule has 0 saturated carbocycles. The van der Waals surface area contributed by atoms with E-state index in [4.69, 9.17) is 14.2 Å². The molecule has 1 fully saturated rings. The van der Waals surface area contributed by atoms with E-state index in [2.05, 4.69) is 0 Å². The normalized spacial score (nSPS) is 31.3. The van der Waals surface area contributed by atoms with E-state index in [1.165, 1.54) is 7.11 Å². The van der Waals surface area contributed by atoms with E-state index in [0.717, 1.165) is 5.56 Å². The lowest BCUT2D eigenvalue weighted by atomic mass is 10.0. The monoisotopic (exact) mass is 268 g/mol. The molecule has 19 heavy (non-hydrogen) atoms. The van der Waals surface area contributed by atoms with Crippen LogP contribution in [-0.4, -0.2) is 48.5 Å². The highest BCUT2D eigenvalue weighted by Gasteiger charge is 2.38. The third-order valence-electron chi connectivity index (χ3n) is 3.26. The topological polar surface area (TPSA) is 68.2 Å². The summed E-state index contributed by atoms with van der Waals surface area (Å²) in [6.45, 7) is 0.156. The van der Waals surface area contributed by atoms with Crippen molar-refractivity contribution in [3.63, 3.8) is 0 Å². The molecule has 1 saturated heterocycles. The second-order valence-electron chi connectivity index (χ2n) is 4.58. The van der Waals surface area contributed by atoms with Gasteiger partial charge in [0.1, 0.15) is 12.2 Å². The molecule has 106 valence electrons. The van der Waals surface area contributed by atoms with E-state index in [1.807, 2.05) is 30.3 Å². The Morgan fingerprint density at radius 2 is 2.05 bits per heavy atom. The molecule has 0 unspecified atom stereocenters. The third kappa shape index (κ3) is 3.75. The molecule has 2 N–H and O–H groups in total. The highest BCUT2D eigenvalue weighted by atomic mass is 16.7. The maximum atomic E-state index is 10.1. The first kappa shape index (κ1) is 14.4. The van der Waals surface area contributed by atoms with Crippen LogP contribution in [0.1, 0.15) is 12.0 Å². The Balaban J connectivity index is 1.93. The summed E-state index contributed by atoms with van der Waals surface area (Å²) in [6, 6.07) is 9.74. The summed E-state index contributed by atoms with van der Waals surface area (Å²) in [4.78, 5) is 0. The molecule has 1 aromatic rings. The van der Waals surface area contributed by atoms with Gasteiger partial charge in [0, 0.05) is 13.5 Å². The average Bonchev–Trinajstić information content (AvgIpc) is 2.47. The summed E-state index contributed by atoms with van der Waals surface area (Å²) >= 11 is 0. The number of hydrogen-bond donors (Lipinski definition) is 2. The fraction of sp³-hybridized carbons (Fsp3) is 0.571. The standard InChI is InChI=1S/C14H20O5/c1-17-13-7-11(14(16)12(8-15)19-13)18-9-10-5-3-2-4-6-10/h2-6,11-16H,7-9H2,1H3/t11-,12+,13-,14-/m0/s1. The van der Waals surface area contributed by atoms with Gasteiger partial charge in [-0.2, -0.15) is 0 Å². The summed E-state index contributed by atoms with van der Waals surface area (Å²) in [5.74, 6) is 0. The lowest BCUT2D eigenvalue weighted by molar-refractivity contribution is -0.258. The van der Waals surface area contributed by atoms with Crippen LogP contribution >= 0.6 is 0 Å². The van der Waals surface area contributed by atoms with E-state index in [0.29, 0.717) is 13.0 Å². The molecular weight excluding hydrogens is 248 g/mol. The van der Waals surface area contributed by atoms with Gasteiger partial charge in [0.25, 0.3) is 0 Å². The Hall–Kier alpha value is -0.980. The van der Waals surface area contributed by atoms with E-state index >= 15 is 0 Å². The molecule has 0 amide bonds. The zero-order valence-electron chi connectivity index (χ0n) is 10.9. The van der Waals surface area contributed by atoms with Gasteiger partial charge in [-0.1, -0.05) is 30.3 Å². The minimum Gasteiger partial charge on any atom is -0.394 e. The van der Waals surface area contributed by atoms with E-state index < -0.39 is 24.6 Å². The van der Waals surface area contributed by atoms with E-state index in [-0.39, 0.29) is 6.61 Å². The molecule has 1 aromatic carbocycles. The number of rotatable bonds is 5. The molecule has 0 spiro atoms. The average molecular weight is 268 g/mol. The van der Waals surface area contributed by atoms with E-state index in [1.54, 1.807) is 0 Å². The Kier molecular flexibility index (Phi) is 5.30. The lowest BCUT2D eigenvalue weighted by Crippen LogP contribution is -2.51. The van der Waals surface area contributed by atoms with Crippen molar-refractivity contribution in [2.24, 2.45) is 0 Å². The van der Waals surface area contributed by atoms with E-state index in [9.17, 15) is 10.2 Å². The predicted molar refractivity (Wildman–Crippen MR) is 68.4 cm³/mol. The van der Waals surface area contributed by atoms with Crippen LogP contribution in [0.3, 0.4) is 0 Å². The molecule has 1 aliphatic heterocycles. The first-order chi connectivity index (χ1) is 9.24. The largest absolute Gasteiger partial charge is 0.394 e. The van der Waals surface area contributed by atoms with Crippen molar-refractivity contribution in [2.45, 2.75) is 37.6 Å². The Bertz CT molecular complexity index is 369. The van der Waals surface area contributed by atoms with Crippen molar-refractivity contribution >= 4 is 0 Å². The highest BCUT2D eigenvalue weighted by Crippen LogP contribution is 2.24. The zero-order valence-corrected chi connectivity index (χ0v) is 10.9. The van der Waals surface area contributed by atoms with Gasteiger partial charge in [-0.3, -0.25) is 0 Å². The summed E-state index contributed by atoms with van der Waals surface area (Å²) < 4.78 is 16.2. The fourth-order valence-corrected chi connectivity index (χ4v) is 2.15. The first-order valence-electron chi connectivity index (χ1n) is 6.37. The van der Waals surface area contributed by atoms with Crippen LogP contribution in [0.4, 0.5) is 0 Å². The van der Waals surface area contributed by atoms with Gasteiger partial charge in [0.2, 0.25) is 0 Å². The predicted octanol–water partition coefficient (Wildman–Crippen LogP) is 0.686. The summed E-state index contributed by atoms with van der Waals surface area (Å²) in [5.41, 5.74) is 1.04. The van der Waals surface area contributed by atoms with Crippen molar-refractivity contribution in [1.29, 1.82) is 0 Å². The van der Waals surface area contributed by atoms with Crippen molar-refractivity contribution < 1.29 is 24.4 Å². The second-order valence-corrected chi connectivity index (χ2v) is 4.58. The molecular formula is C14H20O5. The number of methoxy groups -OCH3 is 1. The molecule has 4 atom stereocenters. The minimum absolute atomic E-state index is 0.258.